The second-order valence-corrected chi connectivity index (χ2v) is 4.69. The van der Waals surface area contributed by atoms with Gasteiger partial charge in [-0.05, 0) is 19.0 Å². The minimum atomic E-state index is -2.81. The van der Waals surface area contributed by atoms with E-state index in [1.807, 2.05) is 30.3 Å². The fraction of sp³-hybridized carbons (Fsp3) is 0.571. The first-order valence-corrected chi connectivity index (χ1v) is 6.41. The molecule has 0 saturated carbocycles. The number of halogens is 2. The Labute approximate surface area is 113 Å². The standard InChI is InChI=1S/C14H22F2N2O/c1-18(12-14(15,16)11-17)8-5-9-19-10-13-6-3-2-4-7-13/h2-4,6-7H,5,8-12,17H2,1H3. The predicted octanol–water partition coefficient (Wildman–Crippen LogP) is 2.12. The summed E-state index contributed by atoms with van der Waals surface area (Å²) in [6, 6.07) is 9.86. The van der Waals surface area contributed by atoms with Crippen LogP contribution in [0.5, 0.6) is 0 Å². The largest absolute Gasteiger partial charge is 0.377 e. The van der Waals surface area contributed by atoms with Gasteiger partial charge in [0.25, 0.3) is 5.92 Å². The first-order chi connectivity index (χ1) is 9.03. The van der Waals surface area contributed by atoms with Gasteiger partial charge in [-0.15, -0.1) is 0 Å². The van der Waals surface area contributed by atoms with Crippen LogP contribution in [0.2, 0.25) is 0 Å². The molecule has 0 amide bonds. The molecule has 0 spiro atoms. The van der Waals surface area contributed by atoms with E-state index in [1.54, 1.807) is 11.9 Å². The van der Waals surface area contributed by atoms with Crippen molar-refractivity contribution in [1.29, 1.82) is 0 Å². The van der Waals surface area contributed by atoms with E-state index in [0.29, 0.717) is 19.8 Å². The first kappa shape index (κ1) is 16.0. The van der Waals surface area contributed by atoms with E-state index < -0.39 is 12.5 Å². The second kappa shape index (κ2) is 8.19. The van der Waals surface area contributed by atoms with Crippen LogP contribution in [0, 0.1) is 0 Å². The van der Waals surface area contributed by atoms with Crippen molar-refractivity contribution in [3.63, 3.8) is 0 Å². The normalized spacial score (nSPS) is 12.1. The summed E-state index contributed by atoms with van der Waals surface area (Å²) in [6.45, 7) is 0.783. The molecule has 0 aliphatic carbocycles. The molecule has 1 aromatic carbocycles. The van der Waals surface area contributed by atoms with Crippen LogP contribution in [0.25, 0.3) is 0 Å². The van der Waals surface area contributed by atoms with Crippen LogP contribution in [0.1, 0.15) is 12.0 Å². The molecule has 0 unspecified atom stereocenters. The number of nitrogens with zero attached hydrogens (tertiary/aromatic N) is 1. The van der Waals surface area contributed by atoms with Crippen molar-refractivity contribution in [2.75, 3.05) is 33.3 Å². The fourth-order valence-electron chi connectivity index (χ4n) is 1.74. The van der Waals surface area contributed by atoms with Gasteiger partial charge in [-0.25, -0.2) is 8.78 Å². The maximum absolute atomic E-state index is 13.0. The van der Waals surface area contributed by atoms with Crippen molar-refractivity contribution >= 4 is 0 Å². The summed E-state index contributed by atoms with van der Waals surface area (Å²) in [6.07, 6.45) is 0.726. The number of alkyl halides is 2. The maximum Gasteiger partial charge on any atom is 0.272 e. The average Bonchev–Trinajstić information content (AvgIpc) is 2.39. The van der Waals surface area contributed by atoms with E-state index in [4.69, 9.17) is 10.5 Å². The van der Waals surface area contributed by atoms with E-state index in [0.717, 1.165) is 12.0 Å². The number of rotatable bonds is 9. The molecule has 0 aromatic heterocycles. The zero-order chi connectivity index (χ0) is 14.1. The number of benzene rings is 1. The number of nitrogens with two attached hydrogens (primary N) is 1. The molecular formula is C14H22F2N2O. The van der Waals surface area contributed by atoms with Gasteiger partial charge in [0.15, 0.2) is 0 Å². The van der Waals surface area contributed by atoms with Crippen LogP contribution in [0.15, 0.2) is 30.3 Å². The van der Waals surface area contributed by atoms with Gasteiger partial charge in [0, 0.05) is 13.2 Å². The molecule has 0 radical (unpaired) electrons. The summed E-state index contributed by atoms with van der Waals surface area (Å²) in [5.41, 5.74) is 6.11. The van der Waals surface area contributed by atoms with Crippen molar-refractivity contribution in [3.05, 3.63) is 35.9 Å². The molecule has 0 aliphatic heterocycles. The fourth-order valence-corrected chi connectivity index (χ4v) is 1.74. The predicted molar refractivity (Wildman–Crippen MR) is 72.2 cm³/mol. The van der Waals surface area contributed by atoms with Crippen LogP contribution >= 0.6 is 0 Å². The molecule has 0 fully saturated rings. The van der Waals surface area contributed by atoms with Crippen LogP contribution < -0.4 is 5.73 Å². The lowest BCUT2D eigenvalue weighted by Crippen LogP contribution is -2.40. The summed E-state index contributed by atoms with van der Waals surface area (Å²) >= 11 is 0. The third-order valence-corrected chi connectivity index (χ3v) is 2.74. The molecule has 19 heavy (non-hydrogen) atoms. The summed E-state index contributed by atoms with van der Waals surface area (Å²) in [5.74, 6) is -2.81. The highest BCUT2D eigenvalue weighted by Gasteiger charge is 2.28. The van der Waals surface area contributed by atoms with Gasteiger partial charge in [-0.1, -0.05) is 30.3 Å². The number of ether oxygens (including phenoxy) is 1. The quantitative estimate of drug-likeness (QED) is 0.700. The Balaban J connectivity index is 2.08. The smallest absolute Gasteiger partial charge is 0.272 e. The zero-order valence-corrected chi connectivity index (χ0v) is 11.3. The molecule has 1 rings (SSSR count). The highest BCUT2D eigenvalue weighted by molar-refractivity contribution is 5.13. The van der Waals surface area contributed by atoms with Crippen LogP contribution in [-0.2, 0) is 11.3 Å². The third kappa shape index (κ3) is 7.20. The van der Waals surface area contributed by atoms with E-state index >= 15 is 0 Å². The topological polar surface area (TPSA) is 38.5 Å². The van der Waals surface area contributed by atoms with Gasteiger partial charge in [-0.2, -0.15) is 0 Å². The van der Waals surface area contributed by atoms with Gasteiger partial charge < -0.3 is 15.4 Å². The van der Waals surface area contributed by atoms with E-state index in [2.05, 4.69) is 0 Å². The van der Waals surface area contributed by atoms with Crippen molar-refractivity contribution < 1.29 is 13.5 Å². The summed E-state index contributed by atoms with van der Waals surface area (Å²) in [7, 11) is 1.67. The van der Waals surface area contributed by atoms with E-state index in [1.165, 1.54) is 0 Å². The van der Waals surface area contributed by atoms with Gasteiger partial charge in [0.2, 0.25) is 0 Å². The van der Waals surface area contributed by atoms with E-state index in [9.17, 15) is 8.78 Å². The Morgan fingerprint density at radius 2 is 1.95 bits per heavy atom. The van der Waals surface area contributed by atoms with Gasteiger partial charge >= 0.3 is 0 Å². The zero-order valence-electron chi connectivity index (χ0n) is 11.3. The molecule has 1 aromatic rings. The molecule has 108 valence electrons. The molecular weight excluding hydrogens is 250 g/mol. The highest BCUT2D eigenvalue weighted by atomic mass is 19.3. The molecule has 3 nitrogen and oxygen atoms in total. The maximum atomic E-state index is 13.0. The lowest BCUT2D eigenvalue weighted by molar-refractivity contribution is -0.0191. The minimum Gasteiger partial charge on any atom is -0.377 e. The molecule has 2 N–H and O–H groups in total. The first-order valence-electron chi connectivity index (χ1n) is 6.41. The van der Waals surface area contributed by atoms with Crippen LogP contribution in [0.3, 0.4) is 0 Å². The third-order valence-electron chi connectivity index (χ3n) is 2.74. The van der Waals surface area contributed by atoms with Gasteiger partial charge in [-0.3, -0.25) is 0 Å². The summed E-state index contributed by atoms with van der Waals surface area (Å²) in [4.78, 5) is 1.58. The Kier molecular flexibility index (Phi) is 6.91. The SMILES string of the molecule is CN(CCCOCc1ccccc1)CC(F)(F)CN. The van der Waals surface area contributed by atoms with Crippen LogP contribution in [-0.4, -0.2) is 44.1 Å². The molecule has 0 atom stereocenters. The molecule has 0 aliphatic rings. The Morgan fingerprint density at radius 1 is 1.26 bits per heavy atom. The average molecular weight is 272 g/mol. The molecule has 0 heterocycles. The monoisotopic (exact) mass is 272 g/mol. The van der Waals surface area contributed by atoms with Gasteiger partial charge in [0.1, 0.15) is 0 Å². The minimum absolute atomic E-state index is 0.303. The van der Waals surface area contributed by atoms with Crippen molar-refractivity contribution in [2.45, 2.75) is 19.0 Å². The molecule has 0 saturated heterocycles. The number of hydrogen-bond acceptors (Lipinski definition) is 3. The lowest BCUT2D eigenvalue weighted by atomic mass is 10.2. The van der Waals surface area contributed by atoms with Gasteiger partial charge in [0.05, 0.1) is 19.7 Å². The Hall–Kier alpha value is -1.04. The Morgan fingerprint density at radius 3 is 2.58 bits per heavy atom. The number of hydrogen-bond donors (Lipinski definition) is 1. The van der Waals surface area contributed by atoms with Crippen LogP contribution in [0.4, 0.5) is 8.78 Å². The van der Waals surface area contributed by atoms with Crippen molar-refractivity contribution in [2.24, 2.45) is 5.73 Å². The van der Waals surface area contributed by atoms with Crippen molar-refractivity contribution in [3.8, 4) is 0 Å². The van der Waals surface area contributed by atoms with E-state index in [-0.39, 0.29) is 6.54 Å². The molecule has 5 heteroatoms. The second-order valence-electron chi connectivity index (χ2n) is 4.69. The highest BCUT2D eigenvalue weighted by Crippen LogP contribution is 2.12. The lowest BCUT2D eigenvalue weighted by Gasteiger charge is -2.22. The van der Waals surface area contributed by atoms with Crippen molar-refractivity contribution in [1.82, 2.24) is 4.90 Å². The summed E-state index contributed by atoms with van der Waals surface area (Å²) < 4.78 is 31.5. The molecule has 0 bridgehead atoms. The Bertz CT molecular complexity index is 347. The summed E-state index contributed by atoms with van der Waals surface area (Å²) in [5, 5.41) is 0.